The molecule has 0 amide bonds. The van der Waals surface area contributed by atoms with Crippen LogP contribution in [0.3, 0.4) is 0 Å². The largest absolute Gasteiger partial charge is 0.382 e. The van der Waals surface area contributed by atoms with Gasteiger partial charge in [0.05, 0.1) is 6.54 Å². The molecule has 2 N–H and O–H groups in total. The molecule has 0 aromatic heterocycles. The Bertz CT molecular complexity index is 320. The Morgan fingerprint density at radius 3 is 2.60 bits per heavy atom. The van der Waals surface area contributed by atoms with Gasteiger partial charge in [0.2, 0.25) is 0 Å². The topological polar surface area (TPSA) is 45.7 Å². The molecule has 1 fully saturated rings. The van der Waals surface area contributed by atoms with Crippen LogP contribution in [0.4, 0.5) is 0 Å². The molecule has 1 aliphatic carbocycles. The number of nitrogens with zero attached hydrogens (tertiary/aromatic N) is 1. The van der Waals surface area contributed by atoms with Crippen molar-refractivity contribution < 1.29 is 4.74 Å². The molecule has 0 saturated heterocycles. The molecule has 0 aromatic carbocycles. The van der Waals surface area contributed by atoms with E-state index >= 15 is 0 Å². The van der Waals surface area contributed by atoms with Crippen LogP contribution in [-0.4, -0.2) is 39.3 Å². The van der Waals surface area contributed by atoms with E-state index in [4.69, 9.17) is 11.2 Å². The molecule has 0 heterocycles. The minimum absolute atomic E-state index is 0. The molecule has 116 valence electrons. The molecule has 0 spiro atoms. The fourth-order valence-corrected chi connectivity index (χ4v) is 2.70. The number of guanidine groups is 1. The smallest absolute Gasteiger partial charge is 0.191 e. The van der Waals surface area contributed by atoms with Crippen molar-refractivity contribution >= 4 is 29.9 Å². The molecule has 0 unspecified atom stereocenters. The Morgan fingerprint density at radius 1 is 1.35 bits per heavy atom. The summed E-state index contributed by atoms with van der Waals surface area (Å²) in [7, 11) is 1.77. The number of rotatable bonds is 7. The van der Waals surface area contributed by atoms with E-state index in [1.54, 1.807) is 7.05 Å². The van der Waals surface area contributed by atoms with E-state index in [1.807, 2.05) is 6.92 Å². The summed E-state index contributed by atoms with van der Waals surface area (Å²) in [5.74, 6) is 3.35. The van der Waals surface area contributed by atoms with Crippen LogP contribution in [0.2, 0.25) is 0 Å². The second-order valence-electron chi connectivity index (χ2n) is 5.14. The fraction of sp³-hybridized carbons (Fsp3) is 0.800. The standard InChI is InChI=1S/C15H27N3O.HI/c1-4-11-17-14(16-3)18-13-15(8-6-7-9-15)10-12-19-5-2;/h1H,5-13H2,2-3H3,(H2,16,17,18);1H. The maximum Gasteiger partial charge on any atom is 0.191 e. The zero-order chi connectivity index (χ0) is 14.0. The number of terminal acetylenes is 1. The van der Waals surface area contributed by atoms with Crippen molar-refractivity contribution in [1.82, 2.24) is 10.6 Å². The Hall–Kier alpha value is -0.480. The summed E-state index contributed by atoms with van der Waals surface area (Å²) in [6.45, 7) is 5.16. The minimum atomic E-state index is 0. The molecule has 20 heavy (non-hydrogen) atoms. The number of aliphatic imine (C=N–C) groups is 1. The quantitative estimate of drug-likeness (QED) is 0.230. The maximum absolute atomic E-state index is 5.52. The van der Waals surface area contributed by atoms with Crippen molar-refractivity contribution in [3.8, 4) is 12.3 Å². The first-order valence-corrected chi connectivity index (χ1v) is 7.22. The number of nitrogens with one attached hydrogen (secondary N) is 2. The molecule has 5 heteroatoms. The third-order valence-corrected chi connectivity index (χ3v) is 3.86. The Morgan fingerprint density at radius 2 is 2.05 bits per heavy atom. The van der Waals surface area contributed by atoms with Crippen LogP contribution in [0.1, 0.15) is 39.0 Å². The van der Waals surface area contributed by atoms with Gasteiger partial charge in [-0.25, -0.2) is 0 Å². The van der Waals surface area contributed by atoms with E-state index < -0.39 is 0 Å². The van der Waals surface area contributed by atoms with Crippen LogP contribution in [-0.2, 0) is 4.74 Å². The first-order chi connectivity index (χ1) is 9.26. The maximum atomic E-state index is 5.52. The van der Waals surface area contributed by atoms with Crippen molar-refractivity contribution in [1.29, 1.82) is 0 Å². The molecule has 4 nitrogen and oxygen atoms in total. The molecule has 0 atom stereocenters. The van der Waals surface area contributed by atoms with Crippen molar-refractivity contribution in [3.63, 3.8) is 0 Å². The Kier molecular flexibility index (Phi) is 10.9. The van der Waals surface area contributed by atoms with Crippen LogP contribution < -0.4 is 10.6 Å². The van der Waals surface area contributed by atoms with E-state index in [9.17, 15) is 0 Å². The van der Waals surface area contributed by atoms with Gasteiger partial charge in [0.1, 0.15) is 0 Å². The number of halogens is 1. The lowest BCUT2D eigenvalue weighted by molar-refractivity contribution is 0.105. The van der Waals surface area contributed by atoms with E-state index in [0.29, 0.717) is 12.0 Å². The zero-order valence-electron chi connectivity index (χ0n) is 12.7. The van der Waals surface area contributed by atoms with Crippen LogP contribution in [0.25, 0.3) is 0 Å². The van der Waals surface area contributed by atoms with Crippen LogP contribution in [0.15, 0.2) is 4.99 Å². The van der Waals surface area contributed by atoms with Gasteiger partial charge in [0, 0.05) is 26.8 Å². The lowest BCUT2D eigenvalue weighted by atomic mass is 9.83. The first-order valence-electron chi connectivity index (χ1n) is 7.22. The fourth-order valence-electron chi connectivity index (χ4n) is 2.70. The highest BCUT2D eigenvalue weighted by atomic mass is 127. The number of hydrogen-bond donors (Lipinski definition) is 2. The Labute approximate surface area is 140 Å². The van der Waals surface area contributed by atoms with Gasteiger partial charge >= 0.3 is 0 Å². The van der Waals surface area contributed by atoms with Crippen molar-refractivity contribution in [2.75, 3.05) is 33.4 Å². The second-order valence-corrected chi connectivity index (χ2v) is 5.14. The summed E-state index contributed by atoms with van der Waals surface area (Å²) in [5.41, 5.74) is 0.364. The highest BCUT2D eigenvalue weighted by Gasteiger charge is 2.33. The lowest BCUT2D eigenvalue weighted by Crippen LogP contribution is -2.43. The van der Waals surface area contributed by atoms with Gasteiger partial charge in [-0.3, -0.25) is 4.99 Å². The number of hydrogen-bond acceptors (Lipinski definition) is 2. The summed E-state index contributed by atoms with van der Waals surface area (Å²) in [6, 6.07) is 0. The van der Waals surface area contributed by atoms with Gasteiger partial charge in [-0.2, -0.15) is 0 Å². The lowest BCUT2D eigenvalue weighted by Gasteiger charge is -2.30. The predicted molar refractivity (Wildman–Crippen MR) is 95.6 cm³/mol. The summed E-state index contributed by atoms with van der Waals surface area (Å²) < 4.78 is 5.52. The first kappa shape index (κ1) is 19.5. The Balaban J connectivity index is 0.00000361. The van der Waals surface area contributed by atoms with Gasteiger partial charge in [0.15, 0.2) is 5.96 Å². The average molecular weight is 393 g/mol. The van der Waals surface area contributed by atoms with Crippen LogP contribution in [0.5, 0.6) is 0 Å². The molecule has 0 aliphatic heterocycles. The van der Waals surface area contributed by atoms with E-state index in [1.165, 1.54) is 25.7 Å². The third kappa shape index (κ3) is 6.80. The van der Waals surface area contributed by atoms with Gasteiger partial charge in [-0.15, -0.1) is 30.4 Å². The predicted octanol–water partition coefficient (Wildman–Crippen LogP) is 2.39. The van der Waals surface area contributed by atoms with Crippen molar-refractivity contribution in [3.05, 3.63) is 0 Å². The van der Waals surface area contributed by atoms with Gasteiger partial charge < -0.3 is 15.4 Å². The molecule has 0 bridgehead atoms. The molecule has 1 aliphatic rings. The van der Waals surface area contributed by atoms with Crippen molar-refractivity contribution in [2.24, 2.45) is 10.4 Å². The highest BCUT2D eigenvalue weighted by Crippen LogP contribution is 2.40. The van der Waals surface area contributed by atoms with E-state index in [0.717, 1.165) is 32.1 Å². The van der Waals surface area contributed by atoms with Gasteiger partial charge in [-0.05, 0) is 31.6 Å². The second kappa shape index (κ2) is 11.2. The van der Waals surface area contributed by atoms with Crippen molar-refractivity contribution in [2.45, 2.75) is 39.0 Å². The minimum Gasteiger partial charge on any atom is -0.382 e. The van der Waals surface area contributed by atoms with E-state index in [-0.39, 0.29) is 24.0 Å². The molecular formula is C15H28IN3O. The van der Waals surface area contributed by atoms with Gasteiger partial charge in [0.25, 0.3) is 0 Å². The molecular weight excluding hydrogens is 365 g/mol. The molecule has 0 aromatic rings. The van der Waals surface area contributed by atoms with Gasteiger partial charge in [-0.1, -0.05) is 18.8 Å². The SMILES string of the molecule is C#CCNC(=NC)NCC1(CCOCC)CCCC1.I. The third-order valence-electron chi connectivity index (χ3n) is 3.86. The summed E-state index contributed by atoms with van der Waals surface area (Å²) >= 11 is 0. The normalized spacial score (nSPS) is 17.1. The average Bonchev–Trinajstić information content (AvgIpc) is 2.89. The van der Waals surface area contributed by atoms with Crippen LogP contribution >= 0.6 is 24.0 Å². The molecule has 1 rings (SSSR count). The summed E-state index contributed by atoms with van der Waals surface area (Å²) in [4.78, 5) is 4.18. The molecule has 0 radical (unpaired) electrons. The van der Waals surface area contributed by atoms with E-state index in [2.05, 4.69) is 21.5 Å². The monoisotopic (exact) mass is 393 g/mol. The summed E-state index contributed by atoms with van der Waals surface area (Å²) in [5, 5.41) is 6.50. The highest BCUT2D eigenvalue weighted by molar-refractivity contribution is 14.0. The van der Waals surface area contributed by atoms with Crippen LogP contribution in [0, 0.1) is 17.8 Å². The molecule has 1 saturated carbocycles. The summed E-state index contributed by atoms with van der Waals surface area (Å²) in [6.07, 6.45) is 11.6. The number of ether oxygens (including phenoxy) is 1. The zero-order valence-corrected chi connectivity index (χ0v) is 15.0.